The number of piperazine rings is 1. The quantitative estimate of drug-likeness (QED) is 0.0448. The summed E-state index contributed by atoms with van der Waals surface area (Å²) in [6, 6.07) is 18.8. The Morgan fingerprint density at radius 3 is 2.34 bits per heavy atom. The highest BCUT2D eigenvalue weighted by Crippen LogP contribution is 2.50. The van der Waals surface area contributed by atoms with E-state index in [9.17, 15) is 38.2 Å². The average molecular weight is 1200 g/mol. The number of carbonyl (C=O) groups excluding carboxylic acids is 2. The van der Waals surface area contributed by atoms with E-state index in [-0.39, 0.29) is 81.3 Å². The molecule has 0 spiro atoms. The number of anilines is 2. The summed E-state index contributed by atoms with van der Waals surface area (Å²) in [7, 11) is 0. The maximum atomic E-state index is 15.6. The van der Waals surface area contributed by atoms with Crippen molar-refractivity contribution in [3.8, 4) is 51.3 Å². The molecular formula is C61H58ClF4N11O7S. The highest BCUT2D eigenvalue weighted by Gasteiger charge is 2.44. The molecule has 18 nitrogen and oxygen atoms in total. The van der Waals surface area contributed by atoms with E-state index in [1.165, 1.54) is 39.9 Å². The number of hydrogen-bond acceptors (Lipinski definition) is 16. The topological polar surface area (TPSA) is 239 Å². The molecule has 4 fully saturated rings. The van der Waals surface area contributed by atoms with E-state index in [4.69, 9.17) is 41.5 Å². The standard InChI is InChI=1S/C61H58ClF4N11O7S/c1-30(2)54(60(81)76-26-37(79)21-48(76)59(80)70-47(28-78)33-7-9-34(10-8-33)49-43(63)15-16-44(64)52(49)66)77-27-46(73-74-77)32-5-3-31(4-6-32)29-83-55-51(39-13-14-45(65)56-50(39)41(23-67)57(68)85-56)42(62)22-40-53(55)71-61(84-38-17-19-82-20-18-38)72-58(40)75-24-35-11-12-36(25-75)69-35/h3-10,13-16,22,27,30,35-38,47-48,54,69,78-79H,11-12,17-21,24-26,28-29,68H2,1-2H3,(H,70,80)/t35?,36?,37-,47+,48+,54+/m1/s1. The monoisotopic (exact) mass is 1200 g/mol. The van der Waals surface area contributed by atoms with Crippen LogP contribution in [-0.4, -0.2) is 122 Å². The van der Waals surface area contributed by atoms with Crippen LogP contribution in [0, 0.1) is 40.5 Å². The average Bonchev–Trinajstić information content (AvgIpc) is 2.32. The van der Waals surface area contributed by atoms with Crippen molar-refractivity contribution in [1.29, 1.82) is 5.26 Å². The number of fused-ring (bicyclic) bond motifs is 4. The van der Waals surface area contributed by atoms with Crippen LogP contribution in [0.1, 0.15) is 74.7 Å². The van der Waals surface area contributed by atoms with Crippen molar-refractivity contribution >= 4 is 66.6 Å². The maximum Gasteiger partial charge on any atom is 0.319 e. The number of halogens is 5. The molecule has 2 amide bonds. The number of ether oxygens (including phenoxy) is 3. The Bertz CT molecular complexity index is 3910. The molecule has 6 N–H and O–H groups in total. The number of benzene rings is 5. The molecule has 5 aromatic carbocycles. The first-order valence-electron chi connectivity index (χ1n) is 28.0. The van der Waals surface area contributed by atoms with Crippen molar-refractivity contribution in [2.24, 2.45) is 5.92 Å². The molecule has 7 heterocycles. The van der Waals surface area contributed by atoms with Gasteiger partial charge in [0.15, 0.2) is 17.4 Å². The van der Waals surface area contributed by atoms with Gasteiger partial charge in [-0.2, -0.15) is 15.2 Å². The first-order chi connectivity index (χ1) is 41.0. The first kappa shape index (κ1) is 57.5. The zero-order chi connectivity index (χ0) is 59.4. The Hall–Kier alpha value is -7.98. The number of aliphatic hydroxyl groups excluding tert-OH is 2. The lowest BCUT2D eigenvalue weighted by atomic mass is 9.96. The van der Waals surface area contributed by atoms with Crippen LogP contribution in [0.4, 0.5) is 28.4 Å². The molecule has 0 saturated carbocycles. The van der Waals surface area contributed by atoms with E-state index < -0.39 is 71.5 Å². The predicted octanol–water partition coefficient (Wildman–Crippen LogP) is 9.19. The van der Waals surface area contributed by atoms with Crippen molar-refractivity contribution in [2.45, 2.75) is 95.0 Å². The summed E-state index contributed by atoms with van der Waals surface area (Å²) in [6.07, 6.45) is 3.64. The number of thiophene rings is 1. The molecule has 12 rings (SSSR count). The van der Waals surface area contributed by atoms with Gasteiger partial charge in [-0.15, -0.1) is 16.4 Å². The van der Waals surface area contributed by atoms with Crippen LogP contribution in [0.25, 0.3) is 54.5 Å². The third-order valence-electron chi connectivity index (χ3n) is 16.3. The summed E-state index contributed by atoms with van der Waals surface area (Å²) in [4.78, 5) is 42.2. The number of amides is 2. The Balaban J connectivity index is 0.815. The molecule has 2 unspecified atom stereocenters. The first-order valence-corrected chi connectivity index (χ1v) is 29.2. The van der Waals surface area contributed by atoms with Crippen molar-refractivity contribution in [3.63, 3.8) is 0 Å². The van der Waals surface area contributed by atoms with Gasteiger partial charge < -0.3 is 50.6 Å². The number of nitrogens with zero attached hydrogens (tertiary/aromatic N) is 8. The van der Waals surface area contributed by atoms with Gasteiger partial charge in [-0.3, -0.25) is 9.59 Å². The van der Waals surface area contributed by atoms with Crippen molar-refractivity contribution in [3.05, 3.63) is 130 Å². The summed E-state index contributed by atoms with van der Waals surface area (Å²) in [5.74, 6) is -4.73. The van der Waals surface area contributed by atoms with Gasteiger partial charge in [0.05, 0.1) is 59.0 Å². The second kappa shape index (κ2) is 23.8. The van der Waals surface area contributed by atoms with E-state index >= 15 is 4.39 Å². The van der Waals surface area contributed by atoms with E-state index in [1.54, 1.807) is 18.3 Å². The number of carbonyl (C=O) groups is 2. The molecule has 0 radical (unpaired) electrons. The third kappa shape index (κ3) is 11.2. The second-order valence-corrected chi connectivity index (χ2v) is 23.7. The SMILES string of the molecule is CC(C)[C@@H](C(=O)N1C[C@H](O)C[C@H]1C(=O)N[C@@H](CO)c1ccc(-c2c(F)ccc(F)c2F)cc1)n1cc(-c2ccc(COc3c(-c4ccc(F)c5sc(N)c(C#N)c45)c(Cl)cc4c(N5CC6CCC(C5)N6)nc(OC5CCOCC5)nc34)cc2)nn1. The predicted molar refractivity (Wildman–Crippen MR) is 311 cm³/mol. The molecular weight excluding hydrogens is 1140 g/mol. The van der Waals surface area contributed by atoms with Crippen LogP contribution in [0.5, 0.6) is 11.8 Å². The molecule has 85 heavy (non-hydrogen) atoms. The minimum Gasteiger partial charge on any atom is -0.486 e. The van der Waals surface area contributed by atoms with E-state index in [0.717, 1.165) is 30.2 Å². The van der Waals surface area contributed by atoms with Crippen LogP contribution in [0.2, 0.25) is 5.02 Å². The fraction of sp³-hybridized carbons (Fsp3) is 0.361. The molecule has 4 saturated heterocycles. The molecule has 2 bridgehead atoms. The molecule has 440 valence electrons. The third-order valence-corrected chi connectivity index (χ3v) is 17.7. The number of aromatic nitrogens is 5. The fourth-order valence-corrected chi connectivity index (χ4v) is 13.3. The smallest absolute Gasteiger partial charge is 0.319 e. The lowest BCUT2D eigenvalue weighted by molar-refractivity contribution is -0.142. The highest BCUT2D eigenvalue weighted by molar-refractivity contribution is 7.23. The van der Waals surface area contributed by atoms with Crippen LogP contribution < -0.4 is 30.7 Å². The van der Waals surface area contributed by atoms with Crippen LogP contribution in [0.15, 0.2) is 85.1 Å². The van der Waals surface area contributed by atoms with E-state index in [1.807, 2.05) is 38.1 Å². The molecule has 24 heteroatoms. The lowest BCUT2D eigenvalue weighted by Gasteiger charge is -2.34. The Morgan fingerprint density at radius 2 is 1.64 bits per heavy atom. The normalized spacial score (nSPS) is 19.6. The van der Waals surface area contributed by atoms with Gasteiger partial charge >= 0.3 is 6.01 Å². The molecule has 4 aliphatic rings. The van der Waals surface area contributed by atoms with Gasteiger partial charge in [-0.1, -0.05) is 85.3 Å². The zero-order valence-electron chi connectivity index (χ0n) is 46.1. The lowest BCUT2D eigenvalue weighted by Crippen LogP contribution is -2.51. The van der Waals surface area contributed by atoms with E-state index in [2.05, 4.69) is 31.9 Å². The van der Waals surface area contributed by atoms with E-state index in [0.29, 0.717) is 101 Å². The number of nitrogen functional groups attached to an aromatic ring is 1. The molecule has 8 aromatic rings. The van der Waals surface area contributed by atoms with Crippen molar-refractivity contribution in [2.75, 3.05) is 50.1 Å². The Labute approximate surface area is 494 Å². The van der Waals surface area contributed by atoms with Gasteiger partial charge in [0.2, 0.25) is 11.8 Å². The minimum atomic E-state index is -1.35. The van der Waals surface area contributed by atoms with Crippen molar-refractivity contribution < 1.29 is 51.6 Å². The van der Waals surface area contributed by atoms with Crippen LogP contribution >= 0.6 is 22.9 Å². The maximum absolute atomic E-state index is 15.6. The highest BCUT2D eigenvalue weighted by atomic mass is 35.5. The second-order valence-electron chi connectivity index (χ2n) is 22.3. The minimum absolute atomic E-state index is 0.0192. The van der Waals surface area contributed by atoms with Gasteiger partial charge in [0, 0.05) is 72.9 Å². The van der Waals surface area contributed by atoms with Gasteiger partial charge in [-0.25, -0.2) is 22.2 Å². The van der Waals surface area contributed by atoms with Gasteiger partial charge in [0.1, 0.15) is 64.5 Å². The number of aliphatic hydroxyl groups is 2. The van der Waals surface area contributed by atoms with Crippen molar-refractivity contribution in [1.82, 2.24) is 40.5 Å². The summed E-state index contributed by atoms with van der Waals surface area (Å²) in [5, 5.41) is 48.2. The molecule has 3 aromatic heterocycles. The Morgan fingerprint density at radius 1 is 0.929 bits per heavy atom. The summed E-state index contributed by atoms with van der Waals surface area (Å²) >= 11 is 8.39. The fourth-order valence-electron chi connectivity index (χ4n) is 12.1. The number of hydrogen-bond donors (Lipinski definition) is 5. The zero-order valence-corrected chi connectivity index (χ0v) is 47.6. The number of nitrogens with one attached hydrogen (secondary N) is 2. The van der Waals surface area contributed by atoms with Gasteiger partial charge in [0.25, 0.3) is 0 Å². The number of rotatable bonds is 16. The number of nitrogens with two attached hydrogens (primary N) is 1. The number of likely N-dealkylation sites (tertiary alicyclic amines) is 1. The number of β-amino-alcohol motifs (C(OH)–C–C–N with tert-alkyl or cyclic N) is 1. The van der Waals surface area contributed by atoms with Crippen LogP contribution in [0.3, 0.4) is 0 Å². The van der Waals surface area contributed by atoms with Gasteiger partial charge in [-0.05, 0) is 65.3 Å². The Kier molecular flexibility index (Phi) is 16.1. The van der Waals surface area contributed by atoms with Crippen LogP contribution in [-0.2, 0) is 20.9 Å². The summed E-state index contributed by atoms with van der Waals surface area (Å²) in [6.45, 7) is 5.32. The number of nitriles is 1. The summed E-state index contributed by atoms with van der Waals surface area (Å²) < 4.78 is 79.5. The largest absolute Gasteiger partial charge is 0.486 e. The summed E-state index contributed by atoms with van der Waals surface area (Å²) in [5.41, 5.74) is 9.27. The molecule has 4 aliphatic heterocycles. The molecule has 6 atom stereocenters. The molecule has 0 aliphatic carbocycles.